The number of aromatic amines is 3. The molecule has 3 aliphatic heterocycles. The zero-order valence-electron chi connectivity index (χ0n) is 68.3. The summed E-state index contributed by atoms with van der Waals surface area (Å²) in [5.41, 5.74) is 13.5. The number of pyridine rings is 3. The first-order chi connectivity index (χ1) is 58.7. The van der Waals surface area contributed by atoms with Crippen LogP contribution in [-0.4, -0.2) is 234 Å². The van der Waals surface area contributed by atoms with Gasteiger partial charge < -0.3 is 79.2 Å². The van der Waals surface area contributed by atoms with Gasteiger partial charge in [-0.25, -0.2) is 29.9 Å². The monoisotopic (exact) mass is 1610 g/mol. The third-order valence-electron chi connectivity index (χ3n) is 21.5. The van der Waals surface area contributed by atoms with Crippen molar-refractivity contribution >= 4 is 85.3 Å². The van der Waals surface area contributed by atoms with Crippen LogP contribution in [0.2, 0.25) is 0 Å². The van der Waals surface area contributed by atoms with Crippen molar-refractivity contribution in [1.82, 2.24) is 89.2 Å². The number of nitrogens with zero attached hydrogens (tertiary/aromatic N) is 15. The Morgan fingerprint density at radius 1 is 0.383 bits per heavy atom. The average Bonchev–Trinajstić information content (AvgIpc) is 1.70. The van der Waals surface area contributed by atoms with E-state index in [9.17, 15) is 14.4 Å². The van der Waals surface area contributed by atoms with Crippen LogP contribution in [0.25, 0.3) is 66.9 Å². The Bertz CT molecular complexity index is 5540. The molecule has 6 N–H and O–H groups in total. The fourth-order valence-electron chi connectivity index (χ4n) is 14.4. The molecule has 14 aromatic rings. The number of piperazine rings is 3. The maximum absolute atomic E-state index is 13.0. The highest BCUT2D eigenvalue weighted by atomic mass is 16.5. The number of unbranched alkanes of at least 4 members (excludes halogenated alkanes) is 1. The normalized spacial score (nSPS) is 14.5. The second kappa shape index (κ2) is 39.1. The van der Waals surface area contributed by atoms with Gasteiger partial charge in [-0.15, -0.1) is 0 Å². The minimum absolute atomic E-state index is 0.0290. The molecule has 3 fully saturated rings. The summed E-state index contributed by atoms with van der Waals surface area (Å²) in [5, 5.41) is 12.7. The van der Waals surface area contributed by atoms with Crippen molar-refractivity contribution in [3.63, 3.8) is 0 Å². The maximum Gasteiger partial charge on any atom is 0.270 e. The van der Waals surface area contributed by atoms with Crippen LogP contribution in [0.1, 0.15) is 87.7 Å². The number of aromatic nitrogens is 12. The molecule has 12 heterocycles. The zero-order valence-corrected chi connectivity index (χ0v) is 68.3. The van der Waals surface area contributed by atoms with Crippen LogP contribution in [0.3, 0.4) is 0 Å². The number of carbonyl (C=O) groups is 3. The molecular formula is C92H99N21O7. The molecule has 5 aromatic carbocycles. The van der Waals surface area contributed by atoms with E-state index in [-0.39, 0.29) is 23.8 Å². The van der Waals surface area contributed by atoms with Crippen LogP contribution in [0, 0.1) is 0 Å². The second-order valence-corrected chi connectivity index (χ2v) is 30.0. The van der Waals surface area contributed by atoms with E-state index in [1.165, 1.54) is 5.56 Å². The van der Waals surface area contributed by atoms with Crippen molar-refractivity contribution < 1.29 is 33.3 Å². The molecule has 0 bridgehead atoms. The van der Waals surface area contributed by atoms with Gasteiger partial charge in [-0.3, -0.25) is 29.3 Å². The summed E-state index contributed by atoms with van der Waals surface area (Å²) in [5.74, 6) is 3.99. The number of nitrogens with one attached hydrogen (secondary N) is 6. The second-order valence-electron chi connectivity index (χ2n) is 30.0. The predicted molar refractivity (Wildman–Crippen MR) is 468 cm³/mol. The summed E-state index contributed by atoms with van der Waals surface area (Å²) in [4.78, 5) is 102. The fourth-order valence-corrected chi connectivity index (χ4v) is 14.4. The molecule has 3 saturated heterocycles. The Morgan fingerprint density at radius 3 is 1.09 bits per heavy atom. The highest BCUT2D eigenvalue weighted by Crippen LogP contribution is 2.32. The summed E-state index contributed by atoms with van der Waals surface area (Å²) in [6.45, 7) is 15.7. The summed E-state index contributed by atoms with van der Waals surface area (Å²) in [6, 6.07) is 60.5. The Hall–Kier alpha value is -13.5. The first-order valence-corrected chi connectivity index (χ1v) is 40.7. The summed E-state index contributed by atoms with van der Waals surface area (Å²) in [6.07, 6.45) is 13.2. The molecule has 0 aliphatic carbocycles. The Labute approximate surface area is 696 Å². The minimum Gasteiger partial charge on any atom is -0.493 e. The summed E-state index contributed by atoms with van der Waals surface area (Å²) < 4.78 is 23.7. The molecular weight excluding hydrogens is 1510 g/mol. The summed E-state index contributed by atoms with van der Waals surface area (Å²) >= 11 is 0. The number of carbonyl (C=O) groups excluding carboxylic acids is 3. The third-order valence-corrected chi connectivity index (χ3v) is 21.5. The molecule has 17 rings (SSSR count). The number of hydrogen-bond acceptors (Lipinski definition) is 22. The number of anilines is 6. The molecule has 3 amide bonds. The lowest BCUT2D eigenvalue weighted by molar-refractivity contribution is 0.0576. The van der Waals surface area contributed by atoms with Crippen LogP contribution < -0.4 is 30.2 Å². The molecule has 2 atom stereocenters. The van der Waals surface area contributed by atoms with E-state index < -0.39 is 0 Å². The summed E-state index contributed by atoms with van der Waals surface area (Å²) in [7, 11) is 7.91. The van der Waals surface area contributed by atoms with Gasteiger partial charge in [0, 0.05) is 197 Å². The van der Waals surface area contributed by atoms with Crippen LogP contribution >= 0.6 is 0 Å². The van der Waals surface area contributed by atoms with E-state index in [0.717, 1.165) is 170 Å². The molecule has 9 aromatic heterocycles. The molecule has 2 unspecified atom stereocenters. The molecule has 3 aliphatic rings. The smallest absolute Gasteiger partial charge is 0.270 e. The van der Waals surface area contributed by atoms with E-state index in [0.29, 0.717) is 94.9 Å². The molecule has 28 heteroatoms. The lowest BCUT2D eigenvalue weighted by Crippen LogP contribution is -2.47. The Kier molecular flexibility index (Phi) is 26.6. The van der Waals surface area contributed by atoms with Crippen molar-refractivity contribution in [3.05, 3.63) is 253 Å². The van der Waals surface area contributed by atoms with Gasteiger partial charge in [-0.2, -0.15) is 0 Å². The molecule has 28 nitrogen and oxygen atoms in total. The van der Waals surface area contributed by atoms with Gasteiger partial charge in [-0.05, 0) is 154 Å². The molecule has 614 valence electrons. The largest absolute Gasteiger partial charge is 0.493 e. The molecule has 120 heavy (non-hydrogen) atoms. The van der Waals surface area contributed by atoms with Crippen LogP contribution in [0.15, 0.2) is 225 Å². The quantitative estimate of drug-likeness (QED) is 0.0274. The number of amides is 3. The van der Waals surface area contributed by atoms with Crippen LogP contribution in [0.4, 0.5) is 34.9 Å². The standard InChI is InChI=1S/C33H35N7O2.C32H33N7O3.C27H31N7O2/c1-3-23(24-7-5-4-6-8-24)22-42-27-11-13-34-30(21-27)29-12-14-35-33(38-29)36-26-9-10-28-25(19-26)20-31(37-28)32(41)40-17-15-39(2)16-18-40;1-38-14-16-39(17-15-38)31(40)29-19-23-18-24(8-9-26(23)36-29)35-32-34-13-11-27(37-32)28-20-25(10-12-33-28)42-21-30(41-2)22-6-4-3-5-7-22;1-3-4-15-36-21-7-9-28-24(18-21)23-8-10-29-27(32-23)30-20-5-6-22-19(16-20)17-25(31-22)26(35)34-13-11-33(2)12-14-34/h4-14,19-21,23,37H,3,15-18,22H2,1-2H3,(H,35,36,38);3-13,18-20,30,36H,14-17,21H2,1-2H3,(H,34,35,37);5-10,16-18,31H,3-4,11-15H2,1-2H3,(H,29,30,32). The van der Waals surface area contributed by atoms with Gasteiger partial charge in [0.15, 0.2) is 0 Å². The predicted octanol–water partition coefficient (Wildman–Crippen LogP) is 15.0. The minimum atomic E-state index is -0.184. The lowest BCUT2D eigenvalue weighted by atomic mass is 9.98. The number of fused-ring (bicyclic) bond motifs is 3. The van der Waals surface area contributed by atoms with Gasteiger partial charge >= 0.3 is 0 Å². The fraction of sp³-hybridized carbons (Fsp3) is 0.283. The van der Waals surface area contributed by atoms with E-state index >= 15 is 0 Å². The topological polar surface area (TPSA) is 307 Å². The first kappa shape index (κ1) is 81.6. The van der Waals surface area contributed by atoms with Gasteiger partial charge in [0.2, 0.25) is 17.8 Å². The van der Waals surface area contributed by atoms with Crippen molar-refractivity contribution in [2.75, 3.05) is 143 Å². The van der Waals surface area contributed by atoms with Crippen LogP contribution in [-0.2, 0) is 4.74 Å². The van der Waals surface area contributed by atoms with Crippen LogP contribution in [0.5, 0.6) is 17.2 Å². The van der Waals surface area contributed by atoms with Crippen molar-refractivity contribution in [1.29, 1.82) is 0 Å². The zero-order chi connectivity index (χ0) is 82.7. The lowest BCUT2D eigenvalue weighted by Gasteiger charge is -2.32. The van der Waals surface area contributed by atoms with Crippen molar-refractivity contribution in [2.45, 2.75) is 45.1 Å². The van der Waals surface area contributed by atoms with Gasteiger partial charge in [-0.1, -0.05) is 80.9 Å². The number of ether oxygens (including phenoxy) is 4. The van der Waals surface area contributed by atoms with E-state index in [1.807, 2.05) is 178 Å². The SMILES string of the molecule is CCC(COc1ccnc(-c2ccnc(Nc3ccc4[nH]c(C(=O)N5CCN(C)CC5)cc4c3)n2)c1)c1ccccc1.CCCCOc1ccnc(-c2ccnc(Nc3ccc4[nH]c(C(=O)N5CCN(C)CC5)cc4c3)n2)c1.COC(COc1ccnc(-c2ccnc(Nc3ccc4[nH]c(C(=O)N5CCN(C)CC5)cc4c3)n2)c1)c1ccccc1. The number of likely N-dealkylation sites (N-methyl/N-ethyl adjacent to an activating group) is 3. The highest BCUT2D eigenvalue weighted by molar-refractivity contribution is 6.01. The average molecular weight is 1610 g/mol. The van der Waals surface area contributed by atoms with Gasteiger partial charge in [0.25, 0.3) is 17.7 Å². The Morgan fingerprint density at radius 2 is 0.733 bits per heavy atom. The Balaban J connectivity index is 0.000000141. The van der Waals surface area contributed by atoms with Gasteiger partial charge in [0.1, 0.15) is 47.0 Å². The first-order valence-electron chi connectivity index (χ1n) is 40.7. The number of H-pyrrole nitrogens is 3. The number of benzene rings is 5. The van der Waals surface area contributed by atoms with E-state index in [1.54, 1.807) is 44.3 Å². The number of hydrogen-bond donors (Lipinski definition) is 6. The maximum atomic E-state index is 13.0. The molecule has 0 spiro atoms. The van der Waals surface area contributed by atoms with Crippen molar-refractivity contribution in [3.8, 4) is 51.4 Å². The number of rotatable bonds is 26. The van der Waals surface area contributed by atoms with Crippen molar-refractivity contribution in [2.24, 2.45) is 0 Å². The molecule has 0 radical (unpaired) electrons. The van der Waals surface area contributed by atoms with E-state index in [2.05, 4.69) is 145 Å². The third kappa shape index (κ3) is 21.1. The van der Waals surface area contributed by atoms with Gasteiger partial charge in [0.05, 0.1) is 47.4 Å². The number of methoxy groups -OCH3 is 1. The van der Waals surface area contributed by atoms with E-state index in [4.69, 9.17) is 23.9 Å². The molecule has 0 saturated carbocycles. The highest BCUT2D eigenvalue weighted by Gasteiger charge is 2.26.